The van der Waals surface area contributed by atoms with Crippen LogP contribution in [-0.2, 0) is 6.42 Å². The number of hydrogen-bond donors (Lipinski definition) is 1. The molecule has 0 saturated carbocycles. The maximum Gasteiger partial charge on any atom is 0.250 e. The van der Waals surface area contributed by atoms with Crippen LogP contribution < -0.4 is 5.73 Å². The molecule has 1 amide bonds. The van der Waals surface area contributed by atoms with Crippen LogP contribution in [0.1, 0.15) is 45.1 Å². The van der Waals surface area contributed by atoms with Crippen molar-refractivity contribution in [3.05, 3.63) is 64.5 Å². The molecule has 1 heterocycles. The Bertz CT molecular complexity index is 731. The number of pyridine rings is 1. The van der Waals surface area contributed by atoms with Crippen molar-refractivity contribution in [2.75, 3.05) is 0 Å². The second-order valence-corrected chi connectivity index (χ2v) is 4.92. The first-order chi connectivity index (χ1) is 9.70. The predicted molar refractivity (Wildman–Crippen MR) is 74.1 cm³/mol. The summed E-state index contributed by atoms with van der Waals surface area (Å²) in [6.07, 6.45) is 3.50. The van der Waals surface area contributed by atoms with Gasteiger partial charge in [0.2, 0.25) is 0 Å². The van der Waals surface area contributed by atoms with E-state index < -0.39 is 5.91 Å². The Labute approximate surface area is 116 Å². The summed E-state index contributed by atoms with van der Waals surface area (Å²) in [6, 6.07) is 11.3. The summed E-state index contributed by atoms with van der Waals surface area (Å²) < 4.78 is 0. The van der Waals surface area contributed by atoms with Crippen LogP contribution in [-0.4, -0.2) is 10.9 Å². The maximum atomic E-state index is 11.5. The molecule has 0 aliphatic heterocycles. The zero-order valence-corrected chi connectivity index (χ0v) is 10.8. The van der Waals surface area contributed by atoms with E-state index in [-0.39, 0.29) is 5.92 Å². The van der Waals surface area contributed by atoms with Gasteiger partial charge in [0.05, 0.1) is 22.9 Å². The number of nitriles is 1. The zero-order chi connectivity index (χ0) is 14.1. The number of primary amides is 1. The molecule has 2 N–H and O–H groups in total. The molecule has 0 spiro atoms. The smallest absolute Gasteiger partial charge is 0.250 e. The summed E-state index contributed by atoms with van der Waals surface area (Å²) in [4.78, 5) is 15.9. The lowest BCUT2D eigenvalue weighted by Crippen LogP contribution is -2.16. The first kappa shape index (κ1) is 12.4. The summed E-state index contributed by atoms with van der Waals surface area (Å²) in [7, 11) is 0. The van der Waals surface area contributed by atoms with Crippen molar-refractivity contribution >= 4 is 5.91 Å². The summed E-state index contributed by atoms with van der Waals surface area (Å²) in [5.41, 5.74) is 9.55. The van der Waals surface area contributed by atoms with Gasteiger partial charge in [0.15, 0.2) is 0 Å². The number of carbonyl (C=O) groups is 1. The lowest BCUT2D eigenvalue weighted by molar-refractivity contribution is 0.0998. The largest absolute Gasteiger partial charge is 0.366 e. The fourth-order valence-corrected chi connectivity index (χ4v) is 2.86. The number of amides is 1. The monoisotopic (exact) mass is 263 g/mol. The van der Waals surface area contributed by atoms with Gasteiger partial charge in [-0.25, -0.2) is 0 Å². The van der Waals surface area contributed by atoms with Gasteiger partial charge in [-0.15, -0.1) is 0 Å². The third-order valence-corrected chi connectivity index (χ3v) is 3.79. The molecule has 98 valence electrons. The minimum atomic E-state index is -0.460. The van der Waals surface area contributed by atoms with Crippen LogP contribution >= 0.6 is 0 Å². The average molecular weight is 263 g/mol. The highest BCUT2D eigenvalue weighted by molar-refractivity contribution is 5.94. The van der Waals surface area contributed by atoms with E-state index in [9.17, 15) is 4.79 Å². The van der Waals surface area contributed by atoms with E-state index >= 15 is 0 Å². The van der Waals surface area contributed by atoms with E-state index in [1.165, 1.54) is 5.56 Å². The van der Waals surface area contributed by atoms with Crippen LogP contribution in [0.5, 0.6) is 0 Å². The summed E-state index contributed by atoms with van der Waals surface area (Å²) in [5, 5.41) is 9.03. The third-order valence-electron chi connectivity index (χ3n) is 3.79. The summed E-state index contributed by atoms with van der Waals surface area (Å²) in [5.74, 6) is -0.417. The zero-order valence-electron chi connectivity index (χ0n) is 10.8. The quantitative estimate of drug-likeness (QED) is 0.901. The number of rotatable bonds is 2. The van der Waals surface area contributed by atoms with Crippen LogP contribution in [0, 0.1) is 11.3 Å². The first-order valence-electron chi connectivity index (χ1n) is 6.48. The molecule has 1 aromatic heterocycles. The molecule has 20 heavy (non-hydrogen) atoms. The third kappa shape index (κ3) is 1.94. The highest BCUT2D eigenvalue weighted by Gasteiger charge is 2.28. The van der Waals surface area contributed by atoms with Gasteiger partial charge in [0.25, 0.3) is 5.91 Å². The Morgan fingerprint density at radius 2 is 2.25 bits per heavy atom. The number of fused-ring (bicyclic) bond motifs is 1. The van der Waals surface area contributed by atoms with Crippen LogP contribution in [0.3, 0.4) is 0 Å². The Hall–Kier alpha value is -2.67. The number of hydrogen-bond acceptors (Lipinski definition) is 3. The Morgan fingerprint density at radius 3 is 3.00 bits per heavy atom. The van der Waals surface area contributed by atoms with Crippen LogP contribution in [0.2, 0.25) is 0 Å². The van der Waals surface area contributed by atoms with Gasteiger partial charge in [-0.05, 0) is 48.2 Å². The van der Waals surface area contributed by atoms with Gasteiger partial charge < -0.3 is 5.73 Å². The van der Waals surface area contributed by atoms with Crippen LogP contribution in [0.25, 0.3) is 0 Å². The minimum Gasteiger partial charge on any atom is -0.366 e. The van der Waals surface area contributed by atoms with Gasteiger partial charge in [-0.2, -0.15) is 5.26 Å². The van der Waals surface area contributed by atoms with E-state index in [0.717, 1.165) is 18.4 Å². The normalized spacial score (nSPS) is 16.4. The van der Waals surface area contributed by atoms with E-state index in [2.05, 4.69) is 11.1 Å². The fourth-order valence-electron chi connectivity index (χ4n) is 2.86. The molecule has 1 aromatic carbocycles. The van der Waals surface area contributed by atoms with Crippen molar-refractivity contribution in [3.63, 3.8) is 0 Å². The lowest BCUT2D eigenvalue weighted by Gasteiger charge is -2.14. The molecule has 1 aliphatic carbocycles. The van der Waals surface area contributed by atoms with Gasteiger partial charge in [-0.1, -0.05) is 6.07 Å². The van der Waals surface area contributed by atoms with Crippen molar-refractivity contribution in [2.24, 2.45) is 5.73 Å². The maximum absolute atomic E-state index is 11.5. The van der Waals surface area contributed by atoms with Crippen molar-refractivity contribution in [3.8, 4) is 6.07 Å². The van der Waals surface area contributed by atoms with Gasteiger partial charge >= 0.3 is 0 Å². The molecule has 1 atom stereocenters. The standard InChI is InChI=1S/C16H13N3O/c17-9-10-3-4-11-5-6-12(14(11)8-10)15-13(16(18)20)2-1-7-19-15/h1-4,7-8,12H,5-6H2,(H2,18,20)/t12-/m1/s1. The molecule has 4 nitrogen and oxygen atoms in total. The van der Waals surface area contributed by atoms with Gasteiger partial charge in [0, 0.05) is 12.1 Å². The highest BCUT2D eigenvalue weighted by atomic mass is 16.1. The number of nitrogens with zero attached hydrogens (tertiary/aromatic N) is 2. The number of nitrogens with two attached hydrogens (primary N) is 1. The minimum absolute atomic E-state index is 0.0435. The molecule has 0 bridgehead atoms. The van der Waals surface area contributed by atoms with Crippen LogP contribution in [0.4, 0.5) is 0 Å². The average Bonchev–Trinajstić information content (AvgIpc) is 2.89. The highest BCUT2D eigenvalue weighted by Crippen LogP contribution is 2.38. The fraction of sp³-hybridized carbons (Fsp3) is 0.188. The predicted octanol–water partition coefficient (Wildman–Crippen LogP) is 2.13. The molecule has 0 saturated heterocycles. The molecule has 0 radical (unpaired) electrons. The molecule has 0 unspecified atom stereocenters. The van der Waals surface area contributed by atoms with Crippen molar-refractivity contribution in [1.29, 1.82) is 5.26 Å². The molecule has 2 aromatic rings. The van der Waals surface area contributed by atoms with Crippen molar-refractivity contribution in [1.82, 2.24) is 4.98 Å². The van der Waals surface area contributed by atoms with Crippen molar-refractivity contribution < 1.29 is 4.79 Å². The van der Waals surface area contributed by atoms with E-state index in [1.54, 1.807) is 18.3 Å². The Kier molecular flexibility index (Phi) is 2.96. The summed E-state index contributed by atoms with van der Waals surface area (Å²) >= 11 is 0. The SMILES string of the molecule is N#Cc1ccc2c(c1)[C@H](c1ncccc1C(N)=O)CC2. The number of carbonyl (C=O) groups excluding carboxylic acids is 1. The van der Waals surface area contributed by atoms with Crippen molar-refractivity contribution in [2.45, 2.75) is 18.8 Å². The molecule has 0 fully saturated rings. The van der Waals surface area contributed by atoms with E-state index in [0.29, 0.717) is 16.8 Å². The Balaban J connectivity index is 2.12. The van der Waals surface area contributed by atoms with E-state index in [4.69, 9.17) is 11.0 Å². The lowest BCUT2D eigenvalue weighted by atomic mass is 9.93. The number of aromatic nitrogens is 1. The molecular formula is C16H13N3O. The van der Waals surface area contributed by atoms with E-state index in [1.807, 2.05) is 18.2 Å². The molecule has 3 rings (SSSR count). The number of benzene rings is 1. The molecule has 4 heteroatoms. The topological polar surface area (TPSA) is 79.8 Å². The second-order valence-electron chi connectivity index (χ2n) is 4.92. The van der Waals surface area contributed by atoms with Gasteiger partial charge in [0.1, 0.15) is 0 Å². The van der Waals surface area contributed by atoms with Crippen LogP contribution in [0.15, 0.2) is 36.5 Å². The molecule has 1 aliphatic rings. The second kappa shape index (κ2) is 4.78. The summed E-state index contributed by atoms with van der Waals surface area (Å²) in [6.45, 7) is 0. The van der Waals surface area contributed by atoms with Gasteiger partial charge in [-0.3, -0.25) is 9.78 Å². The first-order valence-corrected chi connectivity index (χ1v) is 6.48. The molecular weight excluding hydrogens is 250 g/mol. The Morgan fingerprint density at radius 1 is 1.40 bits per heavy atom. The number of aryl methyl sites for hydroxylation is 1.